The zero-order valence-corrected chi connectivity index (χ0v) is 15.5. The highest BCUT2D eigenvalue weighted by Gasteiger charge is 2.47. The summed E-state index contributed by atoms with van der Waals surface area (Å²) >= 11 is 6.07. The molecule has 2 aliphatic rings. The van der Waals surface area contributed by atoms with Gasteiger partial charge in [0.25, 0.3) is 0 Å². The Balaban J connectivity index is 1.76. The van der Waals surface area contributed by atoms with Gasteiger partial charge in [-0.3, -0.25) is 9.59 Å². The number of rotatable bonds is 1. The lowest BCUT2D eigenvalue weighted by atomic mass is 9.86. The summed E-state index contributed by atoms with van der Waals surface area (Å²) in [5.74, 6) is -0.0455. The minimum absolute atomic E-state index is 0.00973. The van der Waals surface area contributed by atoms with E-state index >= 15 is 0 Å². The van der Waals surface area contributed by atoms with Crippen molar-refractivity contribution in [2.75, 3.05) is 13.6 Å². The molecule has 2 aliphatic heterocycles. The summed E-state index contributed by atoms with van der Waals surface area (Å²) in [7, 11) is 1.69. The van der Waals surface area contributed by atoms with Crippen LogP contribution in [0.4, 0.5) is 0 Å². The number of hydrogen-bond donors (Lipinski definition) is 1. The van der Waals surface area contributed by atoms with Crippen molar-refractivity contribution in [1.82, 2.24) is 14.8 Å². The van der Waals surface area contributed by atoms with Crippen LogP contribution in [0.1, 0.15) is 22.9 Å². The van der Waals surface area contributed by atoms with Crippen LogP contribution in [0.5, 0.6) is 0 Å². The third kappa shape index (κ3) is 2.38. The molecule has 1 N–H and O–H groups in total. The van der Waals surface area contributed by atoms with Crippen LogP contribution in [0, 0.1) is 0 Å². The lowest BCUT2D eigenvalue weighted by Crippen LogP contribution is -2.62. The average molecular weight is 380 g/mol. The number of fused-ring (bicyclic) bond motifs is 4. The second-order valence-electron chi connectivity index (χ2n) is 7.23. The molecule has 2 aromatic carbocycles. The van der Waals surface area contributed by atoms with Gasteiger partial charge < -0.3 is 14.8 Å². The molecule has 5 nitrogen and oxygen atoms in total. The first kappa shape index (κ1) is 16.4. The van der Waals surface area contributed by atoms with Crippen molar-refractivity contribution in [3.05, 3.63) is 70.4 Å². The number of benzene rings is 2. The second kappa shape index (κ2) is 5.86. The molecule has 136 valence electrons. The van der Waals surface area contributed by atoms with E-state index in [-0.39, 0.29) is 24.4 Å². The molecular formula is C21H18ClN3O2. The van der Waals surface area contributed by atoms with Crippen molar-refractivity contribution in [2.24, 2.45) is 0 Å². The normalized spacial score (nSPS) is 22.1. The summed E-state index contributed by atoms with van der Waals surface area (Å²) in [5.41, 5.74) is 4.07. The Morgan fingerprint density at radius 3 is 2.59 bits per heavy atom. The first-order chi connectivity index (χ1) is 13.0. The highest BCUT2D eigenvalue weighted by atomic mass is 35.5. The minimum Gasteiger partial charge on any atom is -0.356 e. The Labute approximate surface area is 161 Å². The summed E-state index contributed by atoms with van der Waals surface area (Å²) < 4.78 is 0. The van der Waals surface area contributed by atoms with Crippen molar-refractivity contribution in [3.63, 3.8) is 0 Å². The van der Waals surface area contributed by atoms with Gasteiger partial charge in [-0.25, -0.2) is 0 Å². The van der Waals surface area contributed by atoms with E-state index in [1.54, 1.807) is 11.9 Å². The van der Waals surface area contributed by atoms with Gasteiger partial charge in [-0.1, -0.05) is 41.9 Å². The molecule has 2 atom stereocenters. The molecule has 27 heavy (non-hydrogen) atoms. The van der Waals surface area contributed by atoms with E-state index in [0.29, 0.717) is 11.4 Å². The Kier molecular flexibility index (Phi) is 3.56. The van der Waals surface area contributed by atoms with Crippen molar-refractivity contribution in [1.29, 1.82) is 0 Å². The van der Waals surface area contributed by atoms with Gasteiger partial charge in [0.05, 0.1) is 12.6 Å². The molecule has 2 amide bonds. The molecule has 3 heterocycles. The first-order valence-corrected chi connectivity index (χ1v) is 9.33. The summed E-state index contributed by atoms with van der Waals surface area (Å²) in [5, 5.41) is 1.75. The quantitative estimate of drug-likeness (QED) is 0.706. The molecule has 6 heteroatoms. The van der Waals surface area contributed by atoms with Gasteiger partial charge in [-0.05, 0) is 29.3 Å². The molecule has 1 fully saturated rings. The van der Waals surface area contributed by atoms with Crippen molar-refractivity contribution in [3.8, 4) is 0 Å². The average Bonchev–Trinajstić information content (AvgIpc) is 3.04. The van der Waals surface area contributed by atoms with E-state index in [9.17, 15) is 9.59 Å². The van der Waals surface area contributed by atoms with Crippen molar-refractivity contribution >= 4 is 34.3 Å². The largest absolute Gasteiger partial charge is 0.356 e. The van der Waals surface area contributed by atoms with Crippen LogP contribution in [-0.4, -0.2) is 46.2 Å². The number of likely N-dealkylation sites (N-methyl/N-ethyl adjacent to an activating group) is 1. The molecule has 0 saturated carbocycles. The number of hydrogen-bond acceptors (Lipinski definition) is 2. The van der Waals surface area contributed by atoms with E-state index in [1.165, 1.54) is 4.90 Å². The van der Waals surface area contributed by atoms with Crippen LogP contribution in [0.3, 0.4) is 0 Å². The van der Waals surface area contributed by atoms with Crippen LogP contribution in [-0.2, 0) is 16.0 Å². The number of nitrogens with zero attached hydrogens (tertiary/aromatic N) is 2. The number of nitrogens with one attached hydrogen (secondary N) is 1. The fraction of sp³-hybridized carbons (Fsp3) is 0.238. The molecule has 5 rings (SSSR count). The number of halogens is 1. The minimum atomic E-state index is -0.483. The maximum absolute atomic E-state index is 13.0. The lowest BCUT2D eigenvalue weighted by Gasteiger charge is -2.46. The number of aromatic nitrogens is 1. The SMILES string of the molecule is CN1CC(=O)N2C(c3ccc(Cl)cc3)c3[nH]c4ccccc4c3C[C@H]2C1=O. The smallest absolute Gasteiger partial charge is 0.245 e. The van der Waals surface area contributed by atoms with E-state index < -0.39 is 6.04 Å². The molecule has 1 saturated heterocycles. The van der Waals surface area contributed by atoms with Gasteiger partial charge in [0.2, 0.25) is 11.8 Å². The summed E-state index contributed by atoms with van der Waals surface area (Å²) in [6.45, 7) is 0.106. The molecule has 1 aromatic heterocycles. The van der Waals surface area contributed by atoms with Crippen LogP contribution in [0.2, 0.25) is 5.02 Å². The topological polar surface area (TPSA) is 56.4 Å². The number of piperazine rings is 1. The lowest BCUT2D eigenvalue weighted by molar-refractivity contribution is -0.157. The van der Waals surface area contributed by atoms with Gasteiger partial charge in [-0.2, -0.15) is 0 Å². The monoisotopic (exact) mass is 379 g/mol. The number of aromatic amines is 1. The van der Waals surface area contributed by atoms with E-state index in [0.717, 1.165) is 27.7 Å². The van der Waals surface area contributed by atoms with E-state index in [4.69, 9.17) is 11.6 Å². The molecule has 0 bridgehead atoms. The Bertz CT molecular complexity index is 1070. The molecular weight excluding hydrogens is 362 g/mol. The van der Waals surface area contributed by atoms with Crippen molar-refractivity contribution < 1.29 is 9.59 Å². The van der Waals surface area contributed by atoms with Gasteiger partial charge in [0, 0.05) is 35.1 Å². The fourth-order valence-electron chi connectivity index (χ4n) is 4.40. The molecule has 0 radical (unpaired) electrons. The van der Waals surface area contributed by atoms with Gasteiger partial charge in [0.1, 0.15) is 6.04 Å². The number of H-pyrrole nitrogens is 1. The summed E-state index contributed by atoms with van der Waals surface area (Å²) in [4.78, 5) is 32.6. The zero-order chi connectivity index (χ0) is 18.7. The third-order valence-corrected chi connectivity index (χ3v) is 5.89. The number of carbonyl (C=O) groups is 2. The molecule has 3 aromatic rings. The number of amides is 2. The van der Waals surface area contributed by atoms with Gasteiger partial charge in [-0.15, -0.1) is 0 Å². The van der Waals surface area contributed by atoms with E-state index in [1.807, 2.05) is 42.5 Å². The molecule has 0 aliphatic carbocycles. The predicted octanol–water partition coefficient (Wildman–Crippen LogP) is 3.14. The predicted molar refractivity (Wildman–Crippen MR) is 104 cm³/mol. The van der Waals surface area contributed by atoms with Gasteiger partial charge >= 0.3 is 0 Å². The summed E-state index contributed by atoms with van der Waals surface area (Å²) in [6.07, 6.45) is 0.526. The number of para-hydroxylation sites is 1. The van der Waals surface area contributed by atoms with Crippen LogP contribution in [0.15, 0.2) is 48.5 Å². The zero-order valence-electron chi connectivity index (χ0n) is 14.8. The standard InChI is InChI=1S/C21H18ClN3O2/c1-24-11-18(26)25-17(21(24)27)10-15-14-4-2-3-5-16(14)23-19(15)20(25)12-6-8-13(22)9-7-12/h2-9,17,20,23H,10-11H2,1H3/t17-,20?/m0/s1. The van der Waals surface area contributed by atoms with Crippen molar-refractivity contribution in [2.45, 2.75) is 18.5 Å². The Morgan fingerprint density at radius 2 is 1.81 bits per heavy atom. The van der Waals surface area contributed by atoms with Crippen LogP contribution < -0.4 is 0 Å². The maximum atomic E-state index is 13.0. The Morgan fingerprint density at radius 1 is 1.07 bits per heavy atom. The maximum Gasteiger partial charge on any atom is 0.245 e. The van der Waals surface area contributed by atoms with Crippen LogP contribution in [0.25, 0.3) is 10.9 Å². The number of carbonyl (C=O) groups excluding carboxylic acids is 2. The summed E-state index contributed by atoms with van der Waals surface area (Å²) in [6, 6.07) is 14.8. The highest BCUT2D eigenvalue weighted by Crippen LogP contribution is 2.42. The third-order valence-electron chi connectivity index (χ3n) is 5.64. The molecule has 0 spiro atoms. The molecule has 1 unspecified atom stereocenters. The first-order valence-electron chi connectivity index (χ1n) is 8.95. The fourth-order valence-corrected chi connectivity index (χ4v) is 4.52. The van der Waals surface area contributed by atoms with Gasteiger partial charge in [0.15, 0.2) is 0 Å². The Hall–Kier alpha value is -2.79. The van der Waals surface area contributed by atoms with Crippen LogP contribution >= 0.6 is 11.6 Å². The second-order valence-corrected chi connectivity index (χ2v) is 7.67. The highest BCUT2D eigenvalue weighted by molar-refractivity contribution is 6.30. The van der Waals surface area contributed by atoms with E-state index in [2.05, 4.69) is 11.1 Å².